The maximum Gasteiger partial charge on any atom is 0.407 e. The maximum atomic E-state index is 11.3. The summed E-state index contributed by atoms with van der Waals surface area (Å²) in [5, 5.41) is 3.19. The lowest BCUT2D eigenvalue weighted by atomic mass is 10.1. The number of carbonyl (C=O) groups excluding carboxylic acids is 1. The van der Waals surface area contributed by atoms with E-state index in [1.807, 2.05) is 0 Å². The van der Waals surface area contributed by atoms with Gasteiger partial charge in [0.2, 0.25) is 0 Å². The number of carbonyl (C=O) groups is 1. The Kier molecular flexibility index (Phi) is 5.96. The average Bonchev–Trinajstić information content (AvgIpc) is 2.42. The molecule has 0 spiro atoms. The van der Waals surface area contributed by atoms with Crippen molar-refractivity contribution in [2.45, 2.75) is 6.04 Å². The van der Waals surface area contributed by atoms with Gasteiger partial charge in [0, 0.05) is 10.6 Å². The van der Waals surface area contributed by atoms with Gasteiger partial charge in [-0.3, -0.25) is 0 Å². The Hall–Kier alpha value is -1.94. The summed E-state index contributed by atoms with van der Waals surface area (Å²) in [6, 6.07) is 4.73. The van der Waals surface area contributed by atoms with E-state index in [4.69, 9.17) is 16.3 Å². The van der Waals surface area contributed by atoms with Crippen LogP contribution in [0.15, 0.2) is 43.5 Å². The van der Waals surface area contributed by atoms with Crippen LogP contribution in [0.5, 0.6) is 5.75 Å². The van der Waals surface area contributed by atoms with E-state index >= 15 is 0 Å². The zero-order valence-electron chi connectivity index (χ0n) is 10.7. The molecule has 0 bridgehead atoms. The smallest absolute Gasteiger partial charge is 0.407 e. The topological polar surface area (TPSA) is 47.6 Å². The van der Waals surface area contributed by atoms with Gasteiger partial charge in [-0.15, -0.1) is 6.58 Å². The third kappa shape index (κ3) is 4.34. The Morgan fingerprint density at radius 3 is 2.84 bits per heavy atom. The Morgan fingerprint density at radius 2 is 2.26 bits per heavy atom. The van der Waals surface area contributed by atoms with Crippen LogP contribution >= 0.6 is 11.6 Å². The quantitative estimate of drug-likeness (QED) is 0.812. The lowest BCUT2D eigenvalue weighted by Crippen LogP contribution is -2.27. The standard InChI is InChI=1S/C14H16ClNO3/c1-4-8-19-13-9-10(15)6-7-11(13)12(5-2)16-14(17)18-3/h4-7,9,12H,1-2,8H2,3H3,(H,16,17). The molecule has 0 fully saturated rings. The van der Waals surface area contributed by atoms with Crippen molar-refractivity contribution in [2.24, 2.45) is 0 Å². The van der Waals surface area contributed by atoms with Crippen molar-refractivity contribution in [3.63, 3.8) is 0 Å². The van der Waals surface area contributed by atoms with E-state index in [0.717, 1.165) is 5.56 Å². The monoisotopic (exact) mass is 281 g/mol. The summed E-state index contributed by atoms with van der Waals surface area (Å²) in [5.41, 5.74) is 0.742. The normalized spacial score (nSPS) is 11.3. The van der Waals surface area contributed by atoms with Gasteiger partial charge in [0.05, 0.1) is 13.2 Å². The fourth-order valence-corrected chi connectivity index (χ4v) is 1.65. The maximum absolute atomic E-state index is 11.3. The molecule has 0 saturated heterocycles. The summed E-state index contributed by atoms with van der Waals surface area (Å²) >= 11 is 5.93. The van der Waals surface area contributed by atoms with Gasteiger partial charge in [-0.25, -0.2) is 4.79 Å². The number of amides is 1. The fraction of sp³-hybridized carbons (Fsp3) is 0.214. The second-order valence-electron chi connectivity index (χ2n) is 3.63. The summed E-state index contributed by atoms with van der Waals surface area (Å²) in [4.78, 5) is 11.3. The van der Waals surface area contributed by atoms with Crippen LogP contribution in [0.1, 0.15) is 11.6 Å². The van der Waals surface area contributed by atoms with Crippen molar-refractivity contribution in [2.75, 3.05) is 13.7 Å². The van der Waals surface area contributed by atoms with Crippen LogP contribution in [-0.4, -0.2) is 19.8 Å². The second-order valence-corrected chi connectivity index (χ2v) is 4.07. The lowest BCUT2D eigenvalue weighted by molar-refractivity contribution is 0.168. The molecule has 0 radical (unpaired) electrons. The third-order valence-electron chi connectivity index (χ3n) is 2.36. The molecule has 4 nitrogen and oxygen atoms in total. The molecular weight excluding hydrogens is 266 g/mol. The number of ether oxygens (including phenoxy) is 2. The molecule has 1 aromatic carbocycles. The molecule has 5 heteroatoms. The largest absolute Gasteiger partial charge is 0.489 e. The van der Waals surface area contributed by atoms with Gasteiger partial charge in [0.15, 0.2) is 0 Å². The Balaban J connectivity index is 3.03. The number of hydrogen-bond donors (Lipinski definition) is 1. The van der Waals surface area contributed by atoms with Crippen LogP contribution in [0.3, 0.4) is 0 Å². The first-order chi connectivity index (χ1) is 9.12. The van der Waals surface area contributed by atoms with Gasteiger partial charge < -0.3 is 14.8 Å². The summed E-state index contributed by atoms with van der Waals surface area (Å²) < 4.78 is 10.1. The van der Waals surface area contributed by atoms with Gasteiger partial charge >= 0.3 is 6.09 Å². The van der Waals surface area contributed by atoms with Gasteiger partial charge in [-0.05, 0) is 12.1 Å². The van der Waals surface area contributed by atoms with Crippen molar-refractivity contribution >= 4 is 17.7 Å². The van der Waals surface area contributed by atoms with Crippen LogP contribution in [-0.2, 0) is 4.74 Å². The third-order valence-corrected chi connectivity index (χ3v) is 2.60. The number of nitrogens with one attached hydrogen (secondary N) is 1. The van der Waals surface area contributed by atoms with Gasteiger partial charge in [-0.2, -0.15) is 0 Å². The van der Waals surface area contributed by atoms with E-state index in [1.165, 1.54) is 7.11 Å². The highest BCUT2D eigenvalue weighted by molar-refractivity contribution is 6.30. The van der Waals surface area contributed by atoms with Crippen LogP contribution < -0.4 is 10.1 Å². The van der Waals surface area contributed by atoms with Crippen LogP contribution in [0.4, 0.5) is 4.79 Å². The van der Waals surface area contributed by atoms with E-state index in [1.54, 1.807) is 30.4 Å². The van der Waals surface area contributed by atoms with Crippen LogP contribution in [0.25, 0.3) is 0 Å². The highest BCUT2D eigenvalue weighted by Gasteiger charge is 2.16. The van der Waals surface area contributed by atoms with E-state index in [-0.39, 0.29) is 0 Å². The minimum atomic E-state index is -0.547. The molecule has 19 heavy (non-hydrogen) atoms. The Morgan fingerprint density at radius 1 is 1.53 bits per heavy atom. The SMILES string of the molecule is C=CCOc1cc(Cl)ccc1C(C=C)NC(=O)OC. The van der Waals surface area contributed by atoms with Crippen molar-refractivity contribution in [1.82, 2.24) is 5.32 Å². The average molecular weight is 282 g/mol. The number of rotatable bonds is 6. The summed E-state index contributed by atoms with van der Waals surface area (Å²) in [7, 11) is 1.30. The molecule has 0 aliphatic carbocycles. The van der Waals surface area contributed by atoms with E-state index in [9.17, 15) is 4.79 Å². The predicted octanol–water partition coefficient (Wildman–Crippen LogP) is 3.49. The van der Waals surface area contributed by atoms with Gasteiger partial charge in [0.1, 0.15) is 12.4 Å². The number of benzene rings is 1. The van der Waals surface area contributed by atoms with Crippen molar-refractivity contribution in [3.05, 3.63) is 54.1 Å². The first-order valence-electron chi connectivity index (χ1n) is 5.62. The Labute approximate surface area is 117 Å². The van der Waals surface area contributed by atoms with E-state index in [2.05, 4.69) is 23.2 Å². The molecule has 0 aliphatic heterocycles. The fourth-order valence-electron chi connectivity index (χ4n) is 1.49. The molecule has 1 atom stereocenters. The number of alkyl carbamates (subject to hydrolysis) is 1. The summed E-state index contributed by atoms with van der Waals surface area (Å²) in [6.07, 6.45) is 2.66. The highest BCUT2D eigenvalue weighted by atomic mass is 35.5. The molecule has 0 heterocycles. The molecular formula is C14H16ClNO3. The molecule has 1 unspecified atom stereocenters. The second kappa shape index (κ2) is 7.48. The molecule has 0 aromatic heterocycles. The zero-order chi connectivity index (χ0) is 14.3. The molecule has 0 aliphatic rings. The first-order valence-corrected chi connectivity index (χ1v) is 6.00. The van der Waals surface area contributed by atoms with Crippen molar-refractivity contribution in [1.29, 1.82) is 0 Å². The van der Waals surface area contributed by atoms with Crippen molar-refractivity contribution < 1.29 is 14.3 Å². The zero-order valence-corrected chi connectivity index (χ0v) is 11.4. The molecule has 1 amide bonds. The lowest BCUT2D eigenvalue weighted by Gasteiger charge is -2.18. The first kappa shape index (κ1) is 15.1. The number of halogens is 1. The molecule has 102 valence electrons. The van der Waals surface area contributed by atoms with Gasteiger partial charge in [-0.1, -0.05) is 36.4 Å². The van der Waals surface area contributed by atoms with Crippen molar-refractivity contribution in [3.8, 4) is 5.75 Å². The predicted molar refractivity (Wildman–Crippen MR) is 75.6 cm³/mol. The molecule has 1 rings (SSSR count). The number of hydrogen-bond acceptors (Lipinski definition) is 3. The molecule has 1 N–H and O–H groups in total. The highest BCUT2D eigenvalue weighted by Crippen LogP contribution is 2.29. The van der Waals surface area contributed by atoms with Gasteiger partial charge in [0.25, 0.3) is 0 Å². The van der Waals surface area contributed by atoms with Crippen LogP contribution in [0, 0.1) is 0 Å². The molecule has 1 aromatic rings. The van der Waals surface area contributed by atoms with E-state index < -0.39 is 12.1 Å². The van der Waals surface area contributed by atoms with Crippen LogP contribution in [0.2, 0.25) is 5.02 Å². The minimum absolute atomic E-state index is 0.343. The summed E-state index contributed by atoms with van der Waals surface area (Å²) in [6.45, 7) is 7.62. The minimum Gasteiger partial charge on any atom is -0.489 e. The molecule has 0 saturated carbocycles. The Bertz CT molecular complexity index is 474. The number of methoxy groups -OCH3 is 1. The van der Waals surface area contributed by atoms with E-state index in [0.29, 0.717) is 17.4 Å². The summed E-state index contributed by atoms with van der Waals surface area (Å²) in [5.74, 6) is 0.564.